The molecule has 9 aromatic rings. The molecule has 276 valence electrons. The molecule has 6 heteroatoms. The standard InChI is InChI=1S/C52H38N6/c1-52(2)41-23-11-9-21-36(41)37-27-28-45-46(47(37)52)38-22-10-12-26-44(38)58(45)48-39(33-17-5-3-6-18-33)31-35(32-40(48)34-19-7-4-8-20-34)49-55-50(42-24-13-15-29-53-42)57-51(56-49)43-25-14-16-30-54-43/h3-32,36,41H,1-2H3. The van der Waals surface area contributed by atoms with Crippen LogP contribution in [0.3, 0.4) is 0 Å². The van der Waals surface area contributed by atoms with E-state index >= 15 is 0 Å². The van der Waals surface area contributed by atoms with Crippen LogP contribution in [0.2, 0.25) is 0 Å². The number of nitrogens with zero attached hydrogens (tertiary/aromatic N) is 6. The Morgan fingerprint density at radius 1 is 0.517 bits per heavy atom. The normalized spacial score (nSPS) is 16.4. The summed E-state index contributed by atoms with van der Waals surface area (Å²) in [5, 5.41) is 2.59. The van der Waals surface area contributed by atoms with Gasteiger partial charge in [0.2, 0.25) is 0 Å². The van der Waals surface area contributed by atoms with Crippen molar-refractivity contribution in [2.75, 3.05) is 0 Å². The molecule has 0 aliphatic heterocycles. The van der Waals surface area contributed by atoms with E-state index in [1.54, 1.807) is 12.4 Å². The van der Waals surface area contributed by atoms with Crippen molar-refractivity contribution in [3.63, 3.8) is 0 Å². The van der Waals surface area contributed by atoms with Crippen LogP contribution >= 0.6 is 0 Å². The highest BCUT2D eigenvalue weighted by atomic mass is 15.1. The first kappa shape index (κ1) is 34.0. The third kappa shape index (κ3) is 5.36. The number of pyridine rings is 2. The van der Waals surface area contributed by atoms with Gasteiger partial charge < -0.3 is 4.57 Å². The molecular weight excluding hydrogens is 709 g/mol. The maximum atomic E-state index is 5.12. The van der Waals surface area contributed by atoms with Gasteiger partial charge in [0, 0.05) is 45.8 Å². The Morgan fingerprint density at radius 3 is 1.71 bits per heavy atom. The van der Waals surface area contributed by atoms with Crippen molar-refractivity contribution in [2.24, 2.45) is 5.92 Å². The number of para-hydroxylation sites is 1. The molecular formula is C52H38N6. The summed E-state index contributed by atoms with van der Waals surface area (Å²) in [5.74, 6) is 2.27. The number of fused-ring (bicyclic) bond motifs is 7. The fraction of sp³-hybridized carbons (Fsp3) is 0.0962. The average molecular weight is 747 g/mol. The van der Waals surface area contributed by atoms with Gasteiger partial charge in [-0.3, -0.25) is 9.97 Å². The van der Waals surface area contributed by atoms with Gasteiger partial charge >= 0.3 is 0 Å². The molecule has 58 heavy (non-hydrogen) atoms. The minimum absolute atomic E-state index is 0.0700. The molecule has 4 aromatic heterocycles. The molecule has 0 N–H and O–H groups in total. The number of hydrogen-bond acceptors (Lipinski definition) is 5. The highest BCUT2D eigenvalue weighted by molar-refractivity contribution is 6.13. The molecule has 5 aromatic carbocycles. The number of rotatable bonds is 6. The molecule has 11 rings (SSSR count). The molecule has 0 fully saturated rings. The Bertz CT molecular complexity index is 2960. The molecule has 2 aliphatic carbocycles. The van der Waals surface area contributed by atoms with Crippen molar-refractivity contribution < 1.29 is 0 Å². The van der Waals surface area contributed by atoms with E-state index < -0.39 is 0 Å². The van der Waals surface area contributed by atoms with Crippen LogP contribution in [0.15, 0.2) is 182 Å². The topological polar surface area (TPSA) is 69.4 Å². The van der Waals surface area contributed by atoms with E-state index in [2.05, 4.69) is 162 Å². The van der Waals surface area contributed by atoms with E-state index in [1.165, 1.54) is 32.9 Å². The first-order valence-electron chi connectivity index (χ1n) is 19.8. The van der Waals surface area contributed by atoms with E-state index in [0.717, 1.165) is 33.5 Å². The number of aromatic nitrogens is 6. The highest BCUT2D eigenvalue weighted by Gasteiger charge is 2.46. The fourth-order valence-electron chi connectivity index (χ4n) is 9.45. The molecule has 2 atom stereocenters. The quantitative estimate of drug-likeness (QED) is 0.169. The van der Waals surface area contributed by atoms with Crippen LogP contribution in [0.4, 0.5) is 0 Å². The van der Waals surface area contributed by atoms with Crippen molar-refractivity contribution in [3.8, 4) is 62.4 Å². The summed E-state index contributed by atoms with van der Waals surface area (Å²) >= 11 is 0. The summed E-state index contributed by atoms with van der Waals surface area (Å²) in [6, 6.07) is 51.1. The lowest BCUT2D eigenvalue weighted by Gasteiger charge is -2.29. The smallest absolute Gasteiger partial charge is 0.182 e. The predicted octanol–water partition coefficient (Wildman–Crippen LogP) is 12.2. The van der Waals surface area contributed by atoms with E-state index in [9.17, 15) is 0 Å². The number of allylic oxidation sites excluding steroid dienone is 4. The SMILES string of the molecule is CC1(C)c2c(ccc3c2c2ccccc2n3-c2c(-c3ccccc3)cc(-c3nc(-c4ccccn4)nc(-c4ccccn4)n3)cc2-c2ccccc2)C2C=CC=CC21. The zero-order valence-electron chi connectivity index (χ0n) is 32.2. The minimum Gasteiger partial charge on any atom is -0.308 e. The summed E-state index contributed by atoms with van der Waals surface area (Å²) < 4.78 is 2.51. The fourth-order valence-corrected chi connectivity index (χ4v) is 9.45. The summed E-state index contributed by atoms with van der Waals surface area (Å²) in [6.45, 7) is 4.86. The van der Waals surface area contributed by atoms with Crippen LogP contribution < -0.4 is 0 Å². The lowest BCUT2D eigenvalue weighted by molar-refractivity contribution is 0.396. The third-order valence-electron chi connectivity index (χ3n) is 12.0. The summed E-state index contributed by atoms with van der Waals surface area (Å²) in [5.41, 5.74) is 12.8. The van der Waals surface area contributed by atoms with Crippen LogP contribution in [-0.2, 0) is 5.41 Å². The Kier molecular flexibility index (Phi) is 7.86. The minimum atomic E-state index is -0.0700. The molecule has 0 amide bonds. The van der Waals surface area contributed by atoms with Crippen LogP contribution in [0, 0.1) is 5.92 Å². The molecule has 4 heterocycles. The van der Waals surface area contributed by atoms with E-state index in [0.29, 0.717) is 40.7 Å². The van der Waals surface area contributed by atoms with E-state index in [4.69, 9.17) is 15.0 Å². The zero-order valence-corrected chi connectivity index (χ0v) is 32.2. The third-order valence-corrected chi connectivity index (χ3v) is 12.0. The molecule has 0 saturated heterocycles. The number of benzene rings is 5. The van der Waals surface area contributed by atoms with Gasteiger partial charge in [0.05, 0.1) is 16.7 Å². The van der Waals surface area contributed by atoms with Crippen molar-refractivity contribution in [1.82, 2.24) is 29.5 Å². The number of hydrogen-bond donors (Lipinski definition) is 0. The van der Waals surface area contributed by atoms with Gasteiger partial charge in [0.15, 0.2) is 17.5 Å². The van der Waals surface area contributed by atoms with Crippen molar-refractivity contribution in [3.05, 3.63) is 193 Å². The Morgan fingerprint density at radius 2 is 1.09 bits per heavy atom. The lowest BCUT2D eigenvalue weighted by atomic mass is 9.74. The van der Waals surface area contributed by atoms with Gasteiger partial charge in [-0.25, -0.2) is 15.0 Å². The molecule has 0 radical (unpaired) electrons. The maximum absolute atomic E-state index is 5.12. The van der Waals surface area contributed by atoms with Crippen LogP contribution in [-0.4, -0.2) is 29.5 Å². The summed E-state index contributed by atoms with van der Waals surface area (Å²) in [4.78, 5) is 24.4. The zero-order chi connectivity index (χ0) is 38.8. The molecule has 2 aliphatic rings. The second-order valence-electron chi connectivity index (χ2n) is 15.7. The largest absolute Gasteiger partial charge is 0.308 e. The van der Waals surface area contributed by atoms with Gasteiger partial charge in [-0.15, -0.1) is 0 Å². The molecule has 0 bridgehead atoms. The average Bonchev–Trinajstić information content (AvgIpc) is 3.75. The van der Waals surface area contributed by atoms with Gasteiger partial charge in [0.1, 0.15) is 11.4 Å². The first-order chi connectivity index (χ1) is 28.5. The predicted molar refractivity (Wildman–Crippen MR) is 234 cm³/mol. The van der Waals surface area contributed by atoms with Gasteiger partial charge in [-0.2, -0.15) is 0 Å². The van der Waals surface area contributed by atoms with Gasteiger partial charge in [-0.05, 0) is 82.1 Å². The van der Waals surface area contributed by atoms with Crippen LogP contribution in [0.25, 0.3) is 84.2 Å². The first-order valence-corrected chi connectivity index (χ1v) is 19.8. The van der Waals surface area contributed by atoms with E-state index in [-0.39, 0.29) is 5.41 Å². The second-order valence-corrected chi connectivity index (χ2v) is 15.7. The van der Waals surface area contributed by atoms with E-state index in [1.807, 2.05) is 36.4 Å². The molecule has 6 nitrogen and oxygen atoms in total. The van der Waals surface area contributed by atoms with Gasteiger partial charge in [-0.1, -0.05) is 135 Å². The van der Waals surface area contributed by atoms with Crippen LogP contribution in [0.5, 0.6) is 0 Å². The van der Waals surface area contributed by atoms with Crippen molar-refractivity contribution in [1.29, 1.82) is 0 Å². The lowest BCUT2D eigenvalue weighted by Crippen LogP contribution is -2.24. The molecule has 2 unspecified atom stereocenters. The summed E-state index contributed by atoms with van der Waals surface area (Å²) in [7, 11) is 0. The van der Waals surface area contributed by atoms with Crippen LogP contribution in [0.1, 0.15) is 30.9 Å². The Hall–Kier alpha value is -7.31. The van der Waals surface area contributed by atoms with Crippen molar-refractivity contribution in [2.45, 2.75) is 25.2 Å². The Labute approximate surface area is 337 Å². The van der Waals surface area contributed by atoms with Gasteiger partial charge in [0.25, 0.3) is 0 Å². The Balaban J connectivity index is 1.25. The monoisotopic (exact) mass is 746 g/mol. The molecule has 0 saturated carbocycles. The second kappa shape index (κ2) is 13.4. The highest BCUT2D eigenvalue weighted by Crippen LogP contribution is 2.56. The summed E-state index contributed by atoms with van der Waals surface area (Å²) in [6.07, 6.45) is 12.8. The van der Waals surface area contributed by atoms with Crippen molar-refractivity contribution >= 4 is 21.8 Å². The molecule has 0 spiro atoms. The maximum Gasteiger partial charge on any atom is 0.182 e.